The first-order valence-electron chi connectivity index (χ1n) is 14.7. The Bertz CT molecular complexity index is 965. The van der Waals surface area contributed by atoms with Crippen LogP contribution in [-0.4, -0.2) is 217 Å². The summed E-state index contributed by atoms with van der Waals surface area (Å²) in [4.78, 5) is 0. The largest absolute Gasteiger partial charge is 0.394 e. The Kier molecular flexibility index (Phi) is 12.2. The van der Waals surface area contributed by atoms with E-state index >= 15 is 0 Å². The predicted octanol–water partition coefficient (Wildman–Crippen LogP) is -8.73. The molecule has 0 aromatic rings. The summed E-state index contributed by atoms with van der Waals surface area (Å²) in [6, 6.07) is 0. The van der Waals surface area contributed by atoms with Crippen LogP contribution in [0.3, 0.4) is 0 Å². The summed E-state index contributed by atoms with van der Waals surface area (Å²) in [5, 5.41) is 122. The quantitative estimate of drug-likeness (QED) is 0.102. The van der Waals surface area contributed by atoms with Crippen molar-refractivity contribution < 1.29 is 104 Å². The van der Waals surface area contributed by atoms with E-state index in [1.165, 1.54) is 0 Å². The van der Waals surface area contributed by atoms with Crippen molar-refractivity contribution in [1.29, 1.82) is 0 Å². The van der Waals surface area contributed by atoms with E-state index in [0.29, 0.717) is 0 Å². The van der Waals surface area contributed by atoms with Crippen molar-refractivity contribution in [2.45, 2.75) is 123 Å². The minimum absolute atomic E-state index is 0.409. The first-order valence-corrected chi connectivity index (χ1v) is 14.7. The molecule has 0 radical (unpaired) electrons. The van der Waals surface area contributed by atoms with Crippen molar-refractivity contribution in [1.82, 2.24) is 0 Å². The molecule has 0 amide bonds. The summed E-state index contributed by atoms with van der Waals surface area (Å²) in [7, 11) is 0. The Morgan fingerprint density at radius 1 is 0.435 bits per heavy atom. The second-order valence-electron chi connectivity index (χ2n) is 11.6. The SMILES string of the molecule is OC[C@H]1O[C@H](O[C@@H]2[C@@H](O)[C@H](O[C@@H]3CO[C@@H](O[C@@H]4CO[C@H](O)[C@H](O)[C@H]4O)[C@H](O)[C@H]3O[C@H]3O[C@H](CO)[C@@H](O)[C@@H]3O)OC[C@H]2O)[C@@H](O)[C@@H]1O. The van der Waals surface area contributed by atoms with Crippen molar-refractivity contribution in [3.8, 4) is 0 Å². The van der Waals surface area contributed by atoms with Gasteiger partial charge in [-0.05, 0) is 0 Å². The second kappa shape index (κ2) is 15.4. The summed E-state index contributed by atoms with van der Waals surface area (Å²) in [6.45, 7) is -2.70. The second-order valence-corrected chi connectivity index (χ2v) is 11.6. The fourth-order valence-electron chi connectivity index (χ4n) is 5.73. The van der Waals surface area contributed by atoms with E-state index in [2.05, 4.69) is 0 Å². The highest BCUT2D eigenvalue weighted by molar-refractivity contribution is 4.95. The van der Waals surface area contributed by atoms with Crippen molar-refractivity contribution in [3.05, 3.63) is 0 Å². The van der Waals surface area contributed by atoms with Gasteiger partial charge in [-0.1, -0.05) is 0 Å². The Hall–Kier alpha value is -0.840. The van der Waals surface area contributed by atoms with Crippen LogP contribution in [-0.2, 0) is 42.6 Å². The van der Waals surface area contributed by atoms with E-state index < -0.39 is 156 Å². The fraction of sp³-hybridized carbons (Fsp3) is 1.00. The van der Waals surface area contributed by atoms with Gasteiger partial charge in [-0.2, -0.15) is 0 Å². The first kappa shape index (κ1) is 36.4. The van der Waals surface area contributed by atoms with E-state index in [1.807, 2.05) is 0 Å². The van der Waals surface area contributed by atoms with E-state index in [0.717, 1.165) is 0 Å². The van der Waals surface area contributed by atoms with Gasteiger partial charge in [0.05, 0.1) is 33.0 Å². The number of hydrogen-bond acceptors (Lipinski definition) is 21. The molecule has 0 aromatic carbocycles. The average molecular weight is 679 g/mol. The Balaban J connectivity index is 1.29. The molecule has 21 heteroatoms. The monoisotopic (exact) mass is 678 g/mol. The zero-order chi connectivity index (χ0) is 33.4. The highest BCUT2D eigenvalue weighted by atomic mass is 16.8. The van der Waals surface area contributed by atoms with Gasteiger partial charge in [0.2, 0.25) is 0 Å². The number of hydrogen-bond donors (Lipinski definition) is 12. The van der Waals surface area contributed by atoms with Crippen LogP contribution in [0.5, 0.6) is 0 Å². The fourth-order valence-corrected chi connectivity index (χ4v) is 5.73. The lowest BCUT2D eigenvalue weighted by atomic mass is 10.0. The van der Waals surface area contributed by atoms with E-state index in [4.69, 9.17) is 42.6 Å². The molecule has 268 valence electrons. The molecular weight excluding hydrogens is 636 g/mol. The molecule has 5 rings (SSSR count). The van der Waals surface area contributed by atoms with Gasteiger partial charge in [0.1, 0.15) is 91.6 Å². The topological polar surface area (TPSA) is 326 Å². The molecule has 0 bridgehead atoms. The smallest absolute Gasteiger partial charge is 0.187 e. The van der Waals surface area contributed by atoms with Gasteiger partial charge < -0.3 is 104 Å². The van der Waals surface area contributed by atoms with Crippen LogP contribution in [0.1, 0.15) is 0 Å². The highest BCUT2D eigenvalue weighted by Gasteiger charge is 2.53. The Morgan fingerprint density at radius 3 is 1.46 bits per heavy atom. The minimum Gasteiger partial charge on any atom is -0.394 e. The molecule has 5 saturated heterocycles. The summed E-state index contributed by atoms with van der Waals surface area (Å²) in [5.41, 5.74) is 0. The molecule has 0 unspecified atom stereocenters. The molecule has 21 nitrogen and oxygen atoms in total. The maximum atomic E-state index is 11.3. The van der Waals surface area contributed by atoms with Gasteiger partial charge in [0, 0.05) is 0 Å². The molecule has 0 spiro atoms. The summed E-state index contributed by atoms with van der Waals surface area (Å²) < 4.78 is 49.4. The molecule has 0 saturated carbocycles. The van der Waals surface area contributed by atoms with Crippen molar-refractivity contribution >= 4 is 0 Å². The molecule has 46 heavy (non-hydrogen) atoms. The van der Waals surface area contributed by atoms with Gasteiger partial charge in [-0.15, -0.1) is 0 Å². The normalized spacial score (nSPS) is 53.5. The zero-order valence-electron chi connectivity index (χ0n) is 24.1. The molecule has 5 aliphatic rings. The molecule has 20 atom stereocenters. The molecule has 5 fully saturated rings. The lowest BCUT2D eigenvalue weighted by molar-refractivity contribution is -0.366. The lowest BCUT2D eigenvalue weighted by Gasteiger charge is -2.45. The molecule has 12 N–H and O–H groups in total. The van der Waals surface area contributed by atoms with Crippen LogP contribution < -0.4 is 0 Å². The van der Waals surface area contributed by atoms with E-state index in [-0.39, 0.29) is 0 Å². The zero-order valence-corrected chi connectivity index (χ0v) is 24.1. The Labute approximate surface area is 260 Å². The number of rotatable bonds is 10. The van der Waals surface area contributed by atoms with Crippen LogP contribution >= 0.6 is 0 Å². The van der Waals surface area contributed by atoms with Crippen LogP contribution in [0.4, 0.5) is 0 Å². The van der Waals surface area contributed by atoms with Gasteiger partial charge >= 0.3 is 0 Å². The first-order chi connectivity index (χ1) is 21.9. The average Bonchev–Trinajstić information content (AvgIpc) is 3.47. The molecule has 5 heterocycles. The van der Waals surface area contributed by atoms with Crippen molar-refractivity contribution in [2.75, 3.05) is 33.0 Å². The number of aliphatic hydroxyl groups excluding tert-OH is 12. The van der Waals surface area contributed by atoms with Crippen LogP contribution in [0.25, 0.3) is 0 Å². The van der Waals surface area contributed by atoms with E-state index in [1.54, 1.807) is 0 Å². The standard InChI is InChI=1S/C25H42O21/c26-1-7-11(29)15(33)24(41-7)45-19-6(28)3-39-22(17(19)35)44-10-5-40-23(43-9-4-38-21(37)14(32)13(9)31)18(36)20(10)46-25-16(34)12(30)8(2-27)42-25/h6-37H,1-5H2/t6-,7-,8-,9-,10-,11-,12-,13+,14-,15+,16+,17-,18-,19+,20+,21+,22+,23+,24-,25-/m1/s1. The predicted molar refractivity (Wildman–Crippen MR) is 136 cm³/mol. The minimum atomic E-state index is -1.83. The highest BCUT2D eigenvalue weighted by Crippen LogP contribution is 2.33. The van der Waals surface area contributed by atoms with Gasteiger partial charge in [-0.25, -0.2) is 0 Å². The maximum Gasteiger partial charge on any atom is 0.187 e. The molecule has 5 aliphatic heterocycles. The van der Waals surface area contributed by atoms with E-state index in [9.17, 15) is 61.3 Å². The van der Waals surface area contributed by atoms with Crippen LogP contribution in [0.15, 0.2) is 0 Å². The third-order valence-electron chi connectivity index (χ3n) is 8.48. The lowest BCUT2D eigenvalue weighted by Crippen LogP contribution is -2.63. The van der Waals surface area contributed by atoms with Gasteiger partial charge in [0.25, 0.3) is 0 Å². The summed E-state index contributed by atoms with van der Waals surface area (Å²) >= 11 is 0. The van der Waals surface area contributed by atoms with Gasteiger partial charge in [0.15, 0.2) is 31.5 Å². The molecular formula is C25H42O21. The van der Waals surface area contributed by atoms with Gasteiger partial charge in [-0.3, -0.25) is 0 Å². The number of ether oxygens (including phenoxy) is 9. The summed E-state index contributed by atoms with van der Waals surface area (Å²) in [6.07, 6.45) is -31.2. The maximum absolute atomic E-state index is 11.3. The molecule has 0 aliphatic carbocycles. The van der Waals surface area contributed by atoms with Crippen molar-refractivity contribution in [3.63, 3.8) is 0 Å². The third kappa shape index (κ3) is 7.35. The van der Waals surface area contributed by atoms with Crippen LogP contribution in [0.2, 0.25) is 0 Å². The Morgan fingerprint density at radius 2 is 0.913 bits per heavy atom. The molecule has 0 aromatic heterocycles. The number of aliphatic hydroxyl groups is 12. The van der Waals surface area contributed by atoms with Crippen LogP contribution in [0, 0.1) is 0 Å². The van der Waals surface area contributed by atoms with Crippen molar-refractivity contribution in [2.24, 2.45) is 0 Å². The summed E-state index contributed by atoms with van der Waals surface area (Å²) in [5.74, 6) is 0. The third-order valence-corrected chi connectivity index (χ3v) is 8.48.